The SMILES string of the molecule is O=C(CCC1CCNCC1)NCCc1nc(C(F)(F)F)cs1. The smallest absolute Gasteiger partial charge is 0.356 e. The summed E-state index contributed by atoms with van der Waals surface area (Å²) < 4.78 is 37.2. The molecule has 1 amide bonds. The minimum Gasteiger partial charge on any atom is -0.356 e. The highest BCUT2D eigenvalue weighted by atomic mass is 32.1. The summed E-state index contributed by atoms with van der Waals surface area (Å²) in [5, 5.41) is 7.43. The number of alkyl halides is 3. The minimum absolute atomic E-state index is 0.0360. The predicted octanol–water partition coefficient (Wildman–Crippen LogP) is 2.60. The second kappa shape index (κ2) is 7.92. The molecule has 124 valence electrons. The van der Waals surface area contributed by atoms with Crippen molar-refractivity contribution < 1.29 is 18.0 Å². The number of piperidine rings is 1. The van der Waals surface area contributed by atoms with Gasteiger partial charge in [-0.3, -0.25) is 4.79 Å². The van der Waals surface area contributed by atoms with Crippen molar-refractivity contribution in [3.8, 4) is 0 Å². The van der Waals surface area contributed by atoms with Crippen molar-refractivity contribution in [2.75, 3.05) is 19.6 Å². The van der Waals surface area contributed by atoms with Crippen LogP contribution in [0.25, 0.3) is 0 Å². The molecule has 1 fully saturated rings. The van der Waals surface area contributed by atoms with E-state index in [1.807, 2.05) is 0 Å². The largest absolute Gasteiger partial charge is 0.434 e. The van der Waals surface area contributed by atoms with Crippen molar-refractivity contribution in [2.45, 2.75) is 38.3 Å². The molecule has 8 heteroatoms. The summed E-state index contributed by atoms with van der Waals surface area (Å²) in [6, 6.07) is 0. The zero-order valence-corrected chi connectivity index (χ0v) is 13.0. The summed E-state index contributed by atoms with van der Waals surface area (Å²) in [5.41, 5.74) is -0.857. The number of nitrogens with zero attached hydrogens (tertiary/aromatic N) is 1. The molecule has 0 radical (unpaired) electrons. The average molecular weight is 335 g/mol. The van der Waals surface area contributed by atoms with Crippen molar-refractivity contribution >= 4 is 17.2 Å². The molecule has 0 unspecified atom stereocenters. The standard InChI is InChI=1S/C14H20F3N3OS/c15-14(16,17)11-9-22-13(20-11)5-8-19-12(21)2-1-10-3-6-18-7-4-10/h9-10,18H,1-8H2,(H,19,21). The third-order valence-corrected chi connectivity index (χ3v) is 4.65. The van der Waals surface area contributed by atoms with Crippen LogP contribution in [0.5, 0.6) is 0 Å². The molecule has 4 nitrogen and oxygen atoms in total. The molecule has 0 saturated carbocycles. The Morgan fingerprint density at radius 1 is 1.41 bits per heavy atom. The molecule has 0 spiro atoms. The van der Waals surface area contributed by atoms with Gasteiger partial charge in [0.1, 0.15) is 0 Å². The Balaban J connectivity index is 1.63. The fourth-order valence-electron chi connectivity index (χ4n) is 2.46. The topological polar surface area (TPSA) is 54.0 Å². The van der Waals surface area contributed by atoms with Crippen molar-refractivity contribution in [1.29, 1.82) is 0 Å². The Morgan fingerprint density at radius 2 is 2.14 bits per heavy atom. The van der Waals surface area contributed by atoms with Crippen molar-refractivity contribution in [1.82, 2.24) is 15.6 Å². The van der Waals surface area contributed by atoms with Gasteiger partial charge in [0.2, 0.25) is 5.91 Å². The molecule has 1 aromatic rings. The van der Waals surface area contributed by atoms with E-state index in [9.17, 15) is 18.0 Å². The van der Waals surface area contributed by atoms with E-state index in [2.05, 4.69) is 15.6 Å². The van der Waals surface area contributed by atoms with E-state index >= 15 is 0 Å². The summed E-state index contributed by atoms with van der Waals surface area (Å²) in [6.07, 6.45) is -0.495. The third-order valence-electron chi connectivity index (χ3n) is 3.74. The van der Waals surface area contributed by atoms with Gasteiger partial charge in [-0.1, -0.05) is 0 Å². The number of amides is 1. The number of rotatable bonds is 6. The number of thiazole rings is 1. The Kier molecular flexibility index (Phi) is 6.19. The van der Waals surface area contributed by atoms with Crippen molar-refractivity contribution in [2.24, 2.45) is 5.92 Å². The summed E-state index contributed by atoms with van der Waals surface area (Å²) in [6.45, 7) is 2.35. The molecule has 1 aliphatic heterocycles. The van der Waals surface area contributed by atoms with Crippen LogP contribution in [-0.2, 0) is 17.4 Å². The maximum Gasteiger partial charge on any atom is 0.434 e. The van der Waals surface area contributed by atoms with Gasteiger partial charge in [0.25, 0.3) is 0 Å². The summed E-state index contributed by atoms with van der Waals surface area (Å²) in [5.74, 6) is 0.562. The van der Waals surface area contributed by atoms with Gasteiger partial charge in [-0.05, 0) is 38.3 Å². The zero-order chi connectivity index (χ0) is 16.0. The number of carbonyl (C=O) groups is 1. The molecule has 2 N–H and O–H groups in total. The van der Waals surface area contributed by atoms with Crippen LogP contribution in [0.15, 0.2) is 5.38 Å². The second-order valence-corrected chi connectivity index (χ2v) is 6.40. The Morgan fingerprint density at radius 3 is 2.77 bits per heavy atom. The van der Waals surface area contributed by atoms with E-state index in [1.54, 1.807) is 0 Å². The zero-order valence-electron chi connectivity index (χ0n) is 12.2. The summed E-state index contributed by atoms with van der Waals surface area (Å²) in [7, 11) is 0. The second-order valence-electron chi connectivity index (χ2n) is 5.46. The number of nitrogens with one attached hydrogen (secondary N) is 2. The highest BCUT2D eigenvalue weighted by Gasteiger charge is 2.33. The lowest BCUT2D eigenvalue weighted by Gasteiger charge is -2.22. The molecule has 2 rings (SSSR count). The molecule has 0 atom stereocenters. The molecule has 1 saturated heterocycles. The van der Waals surface area contributed by atoms with E-state index in [4.69, 9.17) is 0 Å². The molecule has 1 aliphatic rings. The number of halogens is 3. The van der Waals surface area contributed by atoms with Gasteiger partial charge < -0.3 is 10.6 Å². The number of hydrogen-bond acceptors (Lipinski definition) is 4. The predicted molar refractivity (Wildman–Crippen MR) is 78.7 cm³/mol. The summed E-state index contributed by atoms with van der Waals surface area (Å²) >= 11 is 0.975. The molecular formula is C14H20F3N3OS. The molecule has 0 aliphatic carbocycles. The average Bonchev–Trinajstić information content (AvgIpc) is 2.95. The first-order chi connectivity index (χ1) is 10.4. The van der Waals surface area contributed by atoms with Gasteiger partial charge in [-0.2, -0.15) is 13.2 Å². The van der Waals surface area contributed by atoms with Gasteiger partial charge in [0, 0.05) is 24.8 Å². The van der Waals surface area contributed by atoms with Crippen LogP contribution in [-0.4, -0.2) is 30.5 Å². The van der Waals surface area contributed by atoms with Crippen LogP contribution >= 0.6 is 11.3 Å². The van der Waals surface area contributed by atoms with Gasteiger partial charge in [0.05, 0.1) is 5.01 Å². The monoisotopic (exact) mass is 335 g/mol. The minimum atomic E-state index is -4.40. The van der Waals surface area contributed by atoms with Crippen molar-refractivity contribution in [3.05, 3.63) is 16.1 Å². The first kappa shape index (κ1) is 17.2. The Hall–Kier alpha value is -1.15. The number of carbonyl (C=O) groups excluding carboxylic acids is 1. The highest BCUT2D eigenvalue weighted by Crippen LogP contribution is 2.30. The number of aromatic nitrogens is 1. The molecular weight excluding hydrogens is 315 g/mol. The van der Waals surface area contributed by atoms with Gasteiger partial charge in [-0.15, -0.1) is 11.3 Å². The molecule has 0 bridgehead atoms. The van der Waals surface area contributed by atoms with E-state index in [0.29, 0.717) is 30.3 Å². The third kappa shape index (κ3) is 5.57. The lowest BCUT2D eigenvalue weighted by Crippen LogP contribution is -2.30. The number of hydrogen-bond donors (Lipinski definition) is 2. The fourth-order valence-corrected chi connectivity index (χ4v) is 3.26. The molecule has 1 aromatic heterocycles. The van der Waals surface area contributed by atoms with Crippen LogP contribution in [0, 0.1) is 5.92 Å². The van der Waals surface area contributed by atoms with Crippen molar-refractivity contribution in [3.63, 3.8) is 0 Å². The first-order valence-corrected chi connectivity index (χ1v) is 8.32. The van der Waals surface area contributed by atoms with Gasteiger partial charge in [-0.25, -0.2) is 4.98 Å². The maximum atomic E-state index is 12.4. The van der Waals surface area contributed by atoms with E-state index < -0.39 is 11.9 Å². The van der Waals surface area contributed by atoms with E-state index in [1.165, 1.54) is 0 Å². The lowest BCUT2D eigenvalue weighted by atomic mass is 9.93. The first-order valence-electron chi connectivity index (χ1n) is 7.44. The van der Waals surface area contributed by atoms with Crippen LogP contribution in [0.3, 0.4) is 0 Å². The highest BCUT2D eigenvalue weighted by molar-refractivity contribution is 7.09. The van der Waals surface area contributed by atoms with Crippen LogP contribution in [0.2, 0.25) is 0 Å². The normalized spacial score (nSPS) is 16.7. The van der Waals surface area contributed by atoms with Crippen LogP contribution < -0.4 is 10.6 Å². The summed E-state index contributed by atoms with van der Waals surface area (Å²) in [4.78, 5) is 15.2. The molecule has 2 heterocycles. The Labute approximate surface area is 131 Å². The van der Waals surface area contributed by atoms with Gasteiger partial charge >= 0.3 is 6.18 Å². The van der Waals surface area contributed by atoms with Crippen LogP contribution in [0.4, 0.5) is 13.2 Å². The Bertz CT molecular complexity index is 484. The molecule has 0 aromatic carbocycles. The lowest BCUT2D eigenvalue weighted by molar-refractivity contribution is -0.140. The fraction of sp³-hybridized carbons (Fsp3) is 0.714. The van der Waals surface area contributed by atoms with Gasteiger partial charge in [0.15, 0.2) is 5.69 Å². The van der Waals surface area contributed by atoms with Crippen LogP contribution in [0.1, 0.15) is 36.4 Å². The van der Waals surface area contributed by atoms with E-state index in [-0.39, 0.29) is 5.91 Å². The quantitative estimate of drug-likeness (QED) is 0.840. The maximum absolute atomic E-state index is 12.4. The molecule has 22 heavy (non-hydrogen) atoms. The van der Waals surface area contributed by atoms with E-state index in [0.717, 1.165) is 49.1 Å².